The summed E-state index contributed by atoms with van der Waals surface area (Å²) in [5, 5.41) is 6.68. The molecule has 2 N–H and O–H groups in total. The third-order valence-corrected chi connectivity index (χ3v) is 4.73. The van der Waals surface area contributed by atoms with Crippen LogP contribution in [0, 0.1) is 12.7 Å². The molecule has 0 radical (unpaired) electrons. The first kappa shape index (κ1) is 23.1. The Bertz CT molecular complexity index is 573. The van der Waals surface area contributed by atoms with Gasteiger partial charge in [0.05, 0.1) is 6.54 Å². The van der Waals surface area contributed by atoms with Crippen molar-refractivity contribution in [3.8, 4) is 0 Å². The van der Waals surface area contributed by atoms with E-state index in [1.165, 1.54) is 0 Å². The van der Waals surface area contributed by atoms with Gasteiger partial charge in [-0.2, -0.15) is 0 Å². The molecule has 5 nitrogen and oxygen atoms in total. The lowest BCUT2D eigenvalue weighted by molar-refractivity contribution is 0.120. The molecule has 0 aromatic heterocycles. The van der Waals surface area contributed by atoms with Crippen molar-refractivity contribution < 1.29 is 4.39 Å². The second kappa shape index (κ2) is 11.7. The van der Waals surface area contributed by atoms with E-state index in [9.17, 15) is 4.39 Å². The summed E-state index contributed by atoms with van der Waals surface area (Å²) in [6.45, 7) is 12.6. The number of aliphatic imine (C=N–C) groups is 1. The van der Waals surface area contributed by atoms with E-state index < -0.39 is 0 Å². The Balaban J connectivity index is 0.00000338. The van der Waals surface area contributed by atoms with Crippen LogP contribution in [0.5, 0.6) is 0 Å². The van der Waals surface area contributed by atoms with Crippen molar-refractivity contribution in [3.05, 3.63) is 35.1 Å². The standard InChI is InChI=1S/C19H32FN5.HI/c1-5-21-19(23-14-17-7-6-15(2)18(20)12-17)22-13-16(3)25-10-8-24(4)9-11-25;/h6-7,12,16H,5,8-11,13-14H2,1-4H3,(H2,21,22,23);1H. The molecule has 1 aromatic carbocycles. The quantitative estimate of drug-likeness (QED) is 0.376. The Hall–Kier alpha value is -0.930. The maximum absolute atomic E-state index is 13.7. The fourth-order valence-corrected chi connectivity index (χ4v) is 2.88. The summed E-state index contributed by atoms with van der Waals surface area (Å²) in [7, 11) is 2.17. The summed E-state index contributed by atoms with van der Waals surface area (Å²) in [5.41, 5.74) is 1.55. The van der Waals surface area contributed by atoms with Crippen LogP contribution in [0.3, 0.4) is 0 Å². The van der Waals surface area contributed by atoms with Gasteiger partial charge in [-0.05, 0) is 45.0 Å². The monoisotopic (exact) mass is 477 g/mol. The Morgan fingerprint density at radius 3 is 2.54 bits per heavy atom. The first-order chi connectivity index (χ1) is 12.0. The maximum atomic E-state index is 13.7. The smallest absolute Gasteiger partial charge is 0.191 e. The van der Waals surface area contributed by atoms with E-state index in [1.807, 2.05) is 13.0 Å². The average molecular weight is 477 g/mol. The number of halogens is 2. The van der Waals surface area contributed by atoms with Gasteiger partial charge in [0.2, 0.25) is 0 Å². The van der Waals surface area contributed by atoms with Gasteiger partial charge in [-0.15, -0.1) is 24.0 Å². The number of aryl methyl sites for hydroxylation is 1. The van der Waals surface area contributed by atoms with Gasteiger partial charge in [-0.25, -0.2) is 9.38 Å². The number of likely N-dealkylation sites (N-methyl/N-ethyl adjacent to an activating group) is 1. The van der Waals surface area contributed by atoms with Crippen molar-refractivity contribution in [3.63, 3.8) is 0 Å². The fraction of sp³-hybridized carbons (Fsp3) is 0.632. The van der Waals surface area contributed by atoms with Crippen molar-refractivity contribution in [1.82, 2.24) is 20.4 Å². The first-order valence-corrected chi connectivity index (χ1v) is 9.19. The second-order valence-corrected chi connectivity index (χ2v) is 6.85. The number of guanidine groups is 1. The average Bonchev–Trinajstić information content (AvgIpc) is 2.60. The number of hydrogen-bond donors (Lipinski definition) is 2. The fourth-order valence-electron chi connectivity index (χ4n) is 2.88. The topological polar surface area (TPSA) is 42.9 Å². The third kappa shape index (κ3) is 7.36. The van der Waals surface area contributed by atoms with E-state index >= 15 is 0 Å². The zero-order valence-electron chi connectivity index (χ0n) is 16.4. The minimum Gasteiger partial charge on any atom is -0.357 e. The molecule has 1 atom stereocenters. The van der Waals surface area contributed by atoms with Gasteiger partial charge in [0.15, 0.2) is 5.96 Å². The van der Waals surface area contributed by atoms with E-state index in [2.05, 4.69) is 39.4 Å². The van der Waals surface area contributed by atoms with Gasteiger partial charge in [0, 0.05) is 45.3 Å². The lowest BCUT2D eigenvalue weighted by Crippen LogP contribution is -2.52. The summed E-state index contributed by atoms with van der Waals surface area (Å²) < 4.78 is 13.7. The van der Waals surface area contributed by atoms with Crippen LogP contribution >= 0.6 is 24.0 Å². The predicted molar refractivity (Wildman–Crippen MR) is 118 cm³/mol. The molecule has 2 rings (SSSR count). The highest BCUT2D eigenvalue weighted by Crippen LogP contribution is 2.10. The van der Waals surface area contributed by atoms with Gasteiger partial charge in [-0.1, -0.05) is 12.1 Å². The highest BCUT2D eigenvalue weighted by atomic mass is 127. The maximum Gasteiger partial charge on any atom is 0.191 e. The van der Waals surface area contributed by atoms with Crippen LogP contribution in [0.1, 0.15) is 25.0 Å². The number of benzene rings is 1. The van der Waals surface area contributed by atoms with E-state index in [0.717, 1.165) is 50.8 Å². The van der Waals surface area contributed by atoms with E-state index in [4.69, 9.17) is 0 Å². The van der Waals surface area contributed by atoms with Crippen LogP contribution < -0.4 is 10.6 Å². The van der Waals surface area contributed by atoms with Gasteiger partial charge >= 0.3 is 0 Å². The molecule has 148 valence electrons. The molecule has 1 aromatic rings. The number of piperazine rings is 1. The molecule has 7 heteroatoms. The summed E-state index contributed by atoms with van der Waals surface area (Å²) in [6.07, 6.45) is 0. The third-order valence-electron chi connectivity index (χ3n) is 4.73. The number of rotatable bonds is 6. The van der Waals surface area contributed by atoms with E-state index in [0.29, 0.717) is 18.2 Å². The summed E-state index contributed by atoms with van der Waals surface area (Å²) >= 11 is 0. The molecule has 0 spiro atoms. The minimum absolute atomic E-state index is 0. The lowest BCUT2D eigenvalue weighted by Gasteiger charge is -2.36. The van der Waals surface area contributed by atoms with Crippen molar-refractivity contribution >= 4 is 29.9 Å². The van der Waals surface area contributed by atoms with Crippen LogP contribution in [-0.2, 0) is 6.54 Å². The van der Waals surface area contributed by atoms with Crippen LogP contribution in [-0.4, -0.2) is 68.1 Å². The van der Waals surface area contributed by atoms with Crippen molar-refractivity contribution in [2.24, 2.45) is 4.99 Å². The number of hydrogen-bond acceptors (Lipinski definition) is 3. The minimum atomic E-state index is -0.172. The highest BCUT2D eigenvalue weighted by Gasteiger charge is 2.19. The molecule has 1 aliphatic heterocycles. The Morgan fingerprint density at radius 2 is 1.92 bits per heavy atom. The molecule has 1 fully saturated rings. The molecule has 26 heavy (non-hydrogen) atoms. The molecule has 0 aliphatic carbocycles. The predicted octanol–water partition coefficient (Wildman–Crippen LogP) is 2.44. The molecule has 0 bridgehead atoms. The van der Waals surface area contributed by atoms with Crippen LogP contribution in [0.15, 0.2) is 23.2 Å². The normalized spacial score (nSPS) is 17.5. The summed E-state index contributed by atoms with van der Waals surface area (Å²) in [4.78, 5) is 9.45. The first-order valence-electron chi connectivity index (χ1n) is 9.19. The van der Waals surface area contributed by atoms with Crippen LogP contribution in [0.25, 0.3) is 0 Å². The van der Waals surface area contributed by atoms with Crippen molar-refractivity contribution in [2.75, 3.05) is 46.3 Å². The second-order valence-electron chi connectivity index (χ2n) is 6.85. The summed E-state index contributed by atoms with van der Waals surface area (Å²) in [6, 6.07) is 5.75. The van der Waals surface area contributed by atoms with Gasteiger partial charge in [0.1, 0.15) is 5.82 Å². The van der Waals surface area contributed by atoms with E-state index in [-0.39, 0.29) is 29.8 Å². The Labute approximate surface area is 174 Å². The van der Waals surface area contributed by atoms with Crippen molar-refractivity contribution in [1.29, 1.82) is 0 Å². The SMILES string of the molecule is CCNC(=NCc1ccc(C)c(F)c1)NCC(C)N1CCN(C)CC1.I. The number of nitrogens with zero attached hydrogens (tertiary/aromatic N) is 3. The molecule has 1 unspecified atom stereocenters. The Morgan fingerprint density at radius 1 is 1.23 bits per heavy atom. The zero-order chi connectivity index (χ0) is 18.2. The molecular formula is C19H33FIN5. The van der Waals surface area contributed by atoms with Crippen LogP contribution in [0.4, 0.5) is 4.39 Å². The van der Waals surface area contributed by atoms with Crippen LogP contribution in [0.2, 0.25) is 0 Å². The van der Waals surface area contributed by atoms with Gasteiger partial charge in [0.25, 0.3) is 0 Å². The lowest BCUT2D eigenvalue weighted by atomic mass is 10.1. The number of nitrogens with one attached hydrogen (secondary N) is 2. The molecule has 0 amide bonds. The highest BCUT2D eigenvalue weighted by molar-refractivity contribution is 14.0. The van der Waals surface area contributed by atoms with E-state index in [1.54, 1.807) is 19.1 Å². The molecule has 1 saturated heterocycles. The molecule has 1 heterocycles. The molecule has 0 saturated carbocycles. The zero-order valence-corrected chi connectivity index (χ0v) is 18.7. The van der Waals surface area contributed by atoms with Gasteiger partial charge < -0.3 is 15.5 Å². The Kier molecular flexibility index (Phi) is 10.4. The molecule has 1 aliphatic rings. The largest absolute Gasteiger partial charge is 0.357 e. The van der Waals surface area contributed by atoms with Crippen molar-refractivity contribution in [2.45, 2.75) is 33.4 Å². The summed E-state index contributed by atoms with van der Waals surface area (Å²) in [5.74, 6) is 0.610. The van der Waals surface area contributed by atoms with Gasteiger partial charge in [-0.3, -0.25) is 4.90 Å². The molecular weight excluding hydrogens is 444 g/mol.